The Morgan fingerprint density at radius 1 is 1.22 bits per heavy atom. The zero-order valence-electron chi connectivity index (χ0n) is 14.0. The summed E-state index contributed by atoms with van der Waals surface area (Å²) in [7, 11) is -0.679. The predicted molar refractivity (Wildman–Crippen MR) is 89.6 cm³/mol. The number of nitrogens with one attached hydrogen (secondary N) is 1. The van der Waals surface area contributed by atoms with Gasteiger partial charge in [0, 0.05) is 19.2 Å². The van der Waals surface area contributed by atoms with Crippen molar-refractivity contribution in [1.29, 1.82) is 0 Å². The van der Waals surface area contributed by atoms with Crippen molar-refractivity contribution in [2.75, 3.05) is 40.4 Å². The van der Waals surface area contributed by atoms with Crippen LogP contribution in [0.5, 0.6) is 11.5 Å². The summed E-state index contributed by atoms with van der Waals surface area (Å²) in [6, 6.07) is 4.75. The molecular weight excluding hydrogens is 316 g/mol. The topological polar surface area (TPSA) is 67.9 Å². The Morgan fingerprint density at radius 3 is 2.52 bits per heavy atom. The number of hydrogen-bond acceptors (Lipinski definition) is 5. The van der Waals surface area contributed by atoms with Crippen molar-refractivity contribution in [3.8, 4) is 11.5 Å². The second-order valence-electron chi connectivity index (χ2n) is 5.98. The number of rotatable bonds is 8. The van der Waals surface area contributed by atoms with E-state index in [0.29, 0.717) is 18.0 Å². The van der Waals surface area contributed by atoms with Crippen molar-refractivity contribution in [1.82, 2.24) is 9.62 Å². The number of methoxy groups -OCH3 is 2. The predicted octanol–water partition coefficient (Wildman–Crippen LogP) is 1.71. The van der Waals surface area contributed by atoms with Gasteiger partial charge < -0.3 is 14.4 Å². The van der Waals surface area contributed by atoms with Gasteiger partial charge >= 0.3 is 0 Å². The zero-order valence-corrected chi connectivity index (χ0v) is 14.9. The van der Waals surface area contributed by atoms with Crippen LogP contribution < -0.4 is 14.2 Å². The molecule has 6 nitrogen and oxygen atoms in total. The van der Waals surface area contributed by atoms with Crippen LogP contribution in [0.2, 0.25) is 0 Å². The highest BCUT2D eigenvalue weighted by Crippen LogP contribution is 2.28. The molecule has 0 aromatic heterocycles. The van der Waals surface area contributed by atoms with Gasteiger partial charge in [-0.2, -0.15) is 0 Å². The van der Waals surface area contributed by atoms with E-state index in [4.69, 9.17) is 9.47 Å². The molecule has 1 saturated heterocycles. The van der Waals surface area contributed by atoms with Crippen molar-refractivity contribution in [3.05, 3.63) is 18.2 Å². The molecule has 1 aliphatic heterocycles. The maximum Gasteiger partial charge on any atom is 0.244 e. The van der Waals surface area contributed by atoms with Gasteiger partial charge in [-0.3, -0.25) is 0 Å². The first-order chi connectivity index (χ1) is 11.0. The Morgan fingerprint density at radius 2 is 1.91 bits per heavy atom. The highest BCUT2D eigenvalue weighted by molar-refractivity contribution is 7.89. The van der Waals surface area contributed by atoms with E-state index in [2.05, 4.69) is 16.5 Å². The van der Waals surface area contributed by atoms with E-state index >= 15 is 0 Å². The van der Waals surface area contributed by atoms with Crippen LogP contribution in [-0.2, 0) is 10.0 Å². The number of ether oxygens (including phenoxy) is 2. The second kappa shape index (κ2) is 7.99. The van der Waals surface area contributed by atoms with Crippen LogP contribution in [0.4, 0.5) is 0 Å². The third-order valence-corrected chi connectivity index (χ3v) is 5.50. The first-order valence-electron chi connectivity index (χ1n) is 7.90. The van der Waals surface area contributed by atoms with Crippen molar-refractivity contribution in [2.45, 2.75) is 24.7 Å². The Labute approximate surface area is 138 Å². The fraction of sp³-hybridized carbons (Fsp3) is 0.625. The van der Waals surface area contributed by atoms with Gasteiger partial charge in [-0.1, -0.05) is 6.92 Å². The molecule has 1 unspecified atom stereocenters. The molecule has 2 rings (SSSR count). The molecule has 0 aliphatic carbocycles. The average molecular weight is 342 g/mol. The molecule has 130 valence electrons. The molecule has 0 radical (unpaired) electrons. The molecule has 1 aromatic rings. The van der Waals surface area contributed by atoms with Crippen LogP contribution in [-0.4, -0.2) is 53.7 Å². The summed E-state index contributed by atoms with van der Waals surface area (Å²) in [5.74, 6) is 1.04. The number of sulfonamides is 1. The summed E-state index contributed by atoms with van der Waals surface area (Å²) in [4.78, 5) is 2.48. The summed E-state index contributed by atoms with van der Waals surface area (Å²) >= 11 is 0. The summed E-state index contributed by atoms with van der Waals surface area (Å²) in [5, 5.41) is 0. The van der Waals surface area contributed by atoms with Gasteiger partial charge in [0.1, 0.15) is 16.4 Å². The minimum absolute atomic E-state index is 0.104. The summed E-state index contributed by atoms with van der Waals surface area (Å²) < 4.78 is 38.1. The van der Waals surface area contributed by atoms with Gasteiger partial charge in [0.05, 0.1) is 14.2 Å². The SMILES string of the molecule is COc1ccc(OC)c(S(=O)(=O)NCC(C)CN2CCCC2)c1. The lowest BCUT2D eigenvalue weighted by atomic mass is 10.2. The molecule has 1 aromatic carbocycles. The van der Waals surface area contributed by atoms with E-state index in [1.807, 2.05) is 0 Å². The minimum Gasteiger partial charge on any atom is -0.497 e. The zero-order chi connectivity index (χ0) is 16.9. The third kappa shape index (κ3) is 4.83. The maximum atomic E-state index is 12.6. The second-order valence-corrected chi connectivity index (χ2v) is 7.72. The number of hydrogen-bond donors (Lipinski definition) is 1. The molecular formula is C16H26N2O4S. The van der Waals surface area contributed by atoms with Gasteiger partial charge in [0.15, 0.2) is 0 Å². The molecule has 1 N–H and O–H groups in total. The van der Waals surface area contributed by atoms with Gasteiger partial charge in [-0.25, -0.2) is 13.1 Å². The van der Waals surface area contributed by atoms with Gasteiger partial charge in [0.25, 0.3) is 0 Å². The van der Waals surface area contributed by atoms with Crippen LogP contribution >= 0.6 is 0 Å². The highest BCUT2D eigenvalue weighted by Gasteiger charge is 2.22. The summed E-state index contributed by atoms with van der Waals surface area (Å²) in [5.41, 5.74) is 0. The van der Waals surface area contributed by atoms with Crippen LogP contribution in [0.15, 0.2) is 23.1 Å². The van der Waals surface area contributed by atoms with Crippen molar-refractivity contribution < 1.29 is 17.9 Å². The van der Waals surface area contributed by atoms with Crippen LogP contribution in [0.25, 0.3) is 0 Å². The smallest absolute Gasteiger partial charge is 0.244 e. The molecule has 0 bridgehead atoms. The first kappa shape index (κ1) is 18.0. The third-order valence-electron chi connectivity index (χ3n) is 4.05. The number of likely N-dealkylation sites (tertiary alicyclic amines) is 1. The molecule has 1 aliphatic rings. The lowest BCUT2D eigenvalue weighted by molar-refractivity contribution is 0.288. The van der Waals surface area contributed by atoms with Crippen molar-refractivity contribution in [2.24, 2.45) is 5.92 Å². The molecule has 0 amide bonds. The van der Waals surface area contributed by atoms with Gasteiger partial charge in [-0.05, 0) is 44.0 Å². The van der Waals surface area contributed by atoms with Crippen LogP contribution in [0, 0.1) is 5.92 Å². The van der Waals surface area contributed by atoms with Crippen molar-refractivity contribution in [3.63, 3.8) is 0 Å². The lowest BCUT2D eigenvalue weighted by Crippen LogP contribution is -2.34. The molecule has 1 atom stereocenters. The molecule has 0 spiro atoms. The molecule has 1 heterocycles. The molecule has 23 heavy (non-hydrogen) atoms. The van der Waals surface area contributed by atoms with Gasteiger partial charge in [-0.15, -0.1) is 0 Å². The van der Waals surface area contributed by atoms with E-state index in [-0.39, 0.29) is 10.8 Å². The Hall–Kier alpha value is -1.31. The Balaban J connectivity index is 2.03. The first-order valence-corrected chi connectivity index (χ1v) is 9.38. The maximum absolute atomic E-state index is 12.6. The molecule has 7 heteroatoms. The molecule has 0 saturated carbocycles. The van der Waals surface area contributed by atoms with E-state index in [9.17, 15) is 8.42 Å². The minimum atomic E-state index is -3.64. The summed E-state index contributed by atoms with van der Waals surface area (Å²) in [6.45, 7) is 5.60. The highest BCUT2D eigenvalue weighted by atomic mass is 32.2. The molecule has 1 fully saturated rings. The van der Waals surface area contributed by atoms with E-state index in [1.165, 1.54) is 33.1 Å². The van der Waals surface area contributed by atoms with Gasteiger partial charge in [0.2, 0.25) is 10.0 Å². The van der Waals surface area contributed by atoms with E-state index < -0.39 is 10.0 Å². The Bertz CT molecular complexity index is 613. The van der Waals surface area contributed by atoms with Crippen LogP contribution in [0.1, 0.15) is 19.8 Å². The van der Waals surface area contributed by atoms with Crippen LogP contribution in [0.3, 0.4) is 0 Å². The quantitative estimate of drug-likeness (QED) is 0.779. The number of benzene rings is 1. The van der Waals surface area contributed by atoms with E-state index in [1.54, 1.807) is 12.1 Å². The fourth-order valence-corrected chi connectivity index (χ4v) is 4.14. The monoisotopic (exact) mass is 342 g/mol. The number of nitrogens with zero attached hydrogens (tertiary/aromatic N) is 1. The normalized spacial score (nSPS) is 17.2. The standard InChI is InChI=1S/C16H26N2O4S/c1-13(12-18-8-4-5-9-18)11-17-23(19,20)16-10-14(21-2)6-7-15(16)22-3/h6-7,10,13,17H,4-5,8-9,11-12H2,1-3H3. The summed E-state index contributed by atoms with van der Waals surface area (Å²) in [6.07, 6.45) is 2.47. The van der Waals surface area contributed by atoms with Crippen molar-refractivity contribution >= 4 is 10.0 Å². The lowest BCUT2D eigenvalue weighted by Gasteiger charge is -2.20. The average Bonchev–Trinajstić information content (AvgIpc) is 3.05. The van der Waals surface area contributed by atoms with E-state index in [0.717, 1.165) is 19.6 Å². The fourth-order valence-electron chi connectivity index (χ4n) is 2.79. The largest absolute Gasteiger partial charge is 0.497 e. The Kier molecular flexibility index (Phi) is 6.26.